The van der Waals surface area contributed by atoms with Gasteiger partial charge in [0.15, 0.2) is 0 Å². The lowest BCUT2D eigenvalue weighted by molar-refractivity contribution is -0.385. The van der Waals surface area contributed by atoms with Gasteiger partial charge in [0.05, 0.1) is 4.92 Å². The van der Waals surface area contributed by atoms with E-state index in [1.807, 2.05) is 0 Å². The Morgan fingerprint density at radius 2 is 2.47 bits per heavy atom. The Kier molecular flexibility index (Phi) is 4.68. The van der Waals surface area contributed by atoms with Crippen LogP contribution in [0.25, 0.3) is 0 Å². The fourth-order valence-electron chi connectivity index (χ4n) is 2.41. The van der Waals surface area contributed by atoms with Crippen LogP contribution >= 0.6 is 0 Å². The third-order valence-corrected chi connectivity index (χ3v) is 3.54. The van der Waals surface area contributed by atoms with Crippen LogP contribution in [0.4, 0.5) is 11.5 Å². The molecule has 0 saturated carbocycles. The molecule has 0 amide bonds. The summed E-state index contributed by atoms with van der Waals surface area (Å²) in [6.45, 7) is 4.81. The van der Waals surface area contributed by atoms with Gasteiger partial charge in [-0.2, -0.15) is 0 Å². The maximum absolute atomic E-state index is 10.7. The first-order chi connectivity index (χ1) is 9.16. The van der Waals surface area contributed by atoms with Crippen LogP contribution in [-0.4, -0.2) is 29.5 Å². The van der Waals surface area contributed by atoms with Crippen molar-refractivity contribution in [3.63, 3.8) is 0 Å². The molecule has 1 aliphatic rings. The van der Waals surface area contributed by atoms with Crippen LogP contribution in [0, 0.1) is 23.0 Å². The van der Waals surface area contributed by atoms with Crippen molar-refractivity contribution in [3.8, 4) is 0 Å². The number of aryl methyl sites for hydroxylation is 1. The molecule has 0 bridgehead atoms. The fraction of sp³-hybridized carbons (Fsp3) is 0.615. The summed E-state index contributed by atoms with van der Waals surface area (Å²) in [5, 5.41) is 17.3. The molecule has 2 rings (SSSR count). The number of nitrogens with zero attached hydrogens (tertiary/aromatic N) is 2. The predicted octanol–water partition coefficient (Wildman–Crippen LogP) is 2.10. The molecule has 1 aromatic rings. The van der Waals surface area contributed by atoms with Gasteiger partial charge in [0.1, 0.15) is 12.0 Å². The maximum Gasteiger partial charge on any atom is 0.290 e. The third-order valence-electron chi connectivity index (χ3n) is 3.54. The number of anilines is 1. The summed E-state index contributed by atoms with van der Waals surface area (Å²) in [4.78, 5) is 14.4. The van der Waals surface area contributed by atoms with E-state index in [2.05, 4.69) is 15.6 Å². The Morgan fingerprint density at radius 3 is 3.11 bits per heavy atom. The molecule has 6 heteroatoms. The van der Waals surface area contributed by atoms with Crippen molar-refractivity contribution in [2.45, 2.75) is 26.2 Å². The van der Waals surface area contributed by atoms with Gasteiger partial charge in [-0.1, -0.05) is 0 Å². The molecule has 1 aliphatic heterocycles. The fourth-order valence-corrected chi connectivity index (χ4v) is 2.41. The number of hydrogen-bond acceptors (Lipinski definition) is 5. The van der Waals surface area contributed by atoms with Gasteiger partial charge in [0.2, 0.25) is 0 Å². The van der Waals surface area contributed by atoms with Crippen LogP contribution < -0.4 is 10.6 Å². The van der Waals surface area contributed by atoms with E-state index >= 15 is 0 Å². The van der Waals surface area contributed by atoms with Crippen molar-refractivity contribution in [1.29, 1.82) is 0 Å². The van der Waals surface area contributed by atoms with Crippen molar-refractivity contribution in [2.75, 3.05) is 25.0 Å². The number of hydrogen-bond donors (Lipinski definition) is 2. The highest BCUT2D eigenvalue weighted by atomic mass is 16.6. The zero-order valence-electron chi connectivity index (χ0n) is 11.2. The minimum atomic E-state index is -0.403. The van der Waals surface area contributed by atoms with E-state index < -0.39 is 4.92 Å². The highest BCUT2D eigenvalue weighted by Crippen LogP contribution is 2.19. The summed E-state index contributed by atoms with van der Waals surface area (Å²) in [5.41, 5.74) is 0.712. The number of nitro groups is 1. The van der Waals surface area contributed by atoms with Crippen molar-refractivity contribution >= 4 is 11.5 Å². The summed E-state index contributed by atoms with van der Waals surface area (Å²) in [5.74, 6) is 1.44. The van der Waals surface area contributed by atoms with E-state index in [0.717, 1.165) is 32.0 Å². The van der Waals surface area contributed by atoms with Crippen molar-refractivity contribution < 1.29 is 4.92 Å². The Bertz CT molecular complexity index is 444. The van der Waals surface area contributed by atoms with Gasteiger partial charge in [-0.15, -0.1) is 0 Å². The first-order valence-electron chi connectivity index (χ1n) is 6.72. The number of pyridine rings is 1. The molecule has 0 radical (unpaired) electrons. The van der Waals surface area contributed by atoms with Crippen LogP contribution in [0.3, 0.4) is 0 Å². The summed E-state index contributed by atoms with van der Waals surface area (Å²) < 4.78 is 0. The van der Waals surface area contributed by atoms with E-state index in [9.17, 15) is 10.1 Å². The Labute approximate surface area is 112 Å². The smallest absolute Gasteiger partial charge is 0.290 e. The van der Waals surface area contributed by atoms with Gasteiger partial charge in [-0.3, -0.25) is 10.1 Å². The average molecular weight is 264 g/mol. The third kappa shape index (κ3) is 3.89. The van der Waals surface area contributed by atoms with Crippen LogP contribution in [0.15, 0.2) is 12.3 Å². The molecule has 0 aliphatic carbocycles. The highest BCUT2D eigenvalue weighted by molar-refractivity contribution is 5.46. The first kappa shape index (κ1) is 13.7. The molecule has 2 heterocycles. The van der Waals surface area contributed by atoms with Crippen molar-refractivity contribution in [3.05, 3.63) is 27.9 Å². The predicted molar refractivity (Wildman–Crippen MR) is 74.3 cm³/mol. The van der Waals surface area contributed by atoms with Gasteiger partial charge in [-0.25, -0.2) is 4.98 Å². The zero-order chi connectivity index (χ0) is 13.7. The lowest BCUT2D eigenvalue weighted by atomic mass is 9.96. The lowest BCUT2D eigenvalue weighted by Gasteiger charge is -2.22. The summed E-state index contributed by atoms with van der Waals surface area (Å²) in [6.07, 6.45) is 4.95. The number of piperidine rings is 1. The standard InChI is InChI=1S/C13H20N4O2/c1-10-7-13(16-9-12(10)17(18)19)15-6-4-11-3-2-5-14-8-11/h7,9,11,14H,2-6,8H2,1H3,(H,15,16). The quantitative estimate of drug-likeness (QED) is 0.629. The van der Waals surface area contributed by atoms with Gasteiger partial charge < -0.3 is 10.6 Å². The molecule has 19 heavy (non-hydrogen) atoms. The number of nitrogens with one attached hydrogen (secondary N) is 2. The molecule has 2 N–H and O–H groups in total. The van der Waals surface area contributed by atoms with Crippen molar-refractivity contribution in [2.24, 2.45) is 5.92 Å². The summed E-state index contributed by atoms with van der Waals surface area (Å²) >= 11 is 0. The second kappa shape index (κ2) is 6.47. The second-order valence-electron chi connectivity index (χ2n) is 5.04. The molecule has 1 fully saturated rings. The van der Waals surface area contributed by atoms with E-state index in [1.54, 1.807) is 13.0 Å². The Hall–Kier alpha value is -1.69. The summed E-state index contributed by atoms with van der Waals surface area (Å²) in [7, 11) is 0. The molecule has 6 nitrogen and oxygen atoms in total. The SMILES string of the molecule is Cc1cc(NCCC2CCCNC2)ncc1[N+](=O)[O-]. The van der Waals surface area contributed by atoms with E-state index in [4.69, 9.17) is 0 Å². The molecule has 0 spiro atoms. The summed E-state index contributed by atoms with van der Waals surface area (Å²) in [6, 6.07) is 1.73. The second-order valence-corrected chi connectivity index (χ2v) is 5.04. The van der Waals surface area contributed by atoms with Gasteiger partial charge in [-0.05, 0) is 51.3 Å². The molecular formula is C13H20N4O2. The molecular weight excluding hydrogens is 244 g/mol. The molecule has 1 unspecified atom stereocenters. The Balaban J connectivity index is 1.82. The van der Waals surface area contributed by atoms with E-state index in [1.165, 1.54) is 19.0 Å². The van der Waals surface area contributed by atoms with Crippen LogP contribution in [0.5, 0.6) is 0 Å². The van der Waals surface area contributed by atoms with E-state index in [-0.39, 0.29) is 5.69 Å². The number of rotatable bonds is 5. The van der Waals surface area contributed by atoms with Gasteiger partial charge in [0.25, 0.3) is 5.69 Å². The molecule has 0 aromatic carbocycles. The molecule has 1 saturated heterocycles. The zero-order valence-corrected chi connectivity index (χ0v) is 11.2. The van der Waals surface area contributed by atoms with Crippen molar-refractivity contribution in [1.82, 2.24) is 10.3 Å². The van der Waals surface area contributed by atoms with E-state index in [0.29, 0.717) is 11.4 Å². The van der Waals surface area contributed by atoms with Crippen LogP contribution in [0.1, 0.15) is 24.8 Å². The first-order valence-corrected chi connectivity index (χ1v) is 6.72. The highest BCUT2D eigenvalue weighted by Gasteiger charge is 2.13. The minimum Gasteiger partial charge on any atom is -0.370 e. The van der Waals surface area contributed by atoms with Gasteiger partial charge >= 0.3 is 0 Å². The van der Waals surface area contributed by atoms with Crippen LogP contribution in [-0.2, 0) is 0 Å². The van der Waals surface area contributed by atoms with Crippen LogP contribution in [0.2, 0.25) is 0 Å². The Morgan fingerprint density at radius 1 is 1.63 bits per heavy atom. The normalized spacial score (nSPS) is 19.1. The minimum absolute atomic E-state index is 0.0713. The number of aromatic nitrogens is 1. The largest absolute Gasteiger partial charge is 0.370 e. The molecule has 104 valence electrons. The molecule has 1 atom stereocenters. The lowest BCUT2D eigenvalue weighted by Crippen LogP contribution is -2.30. The van der Waals surface area contributed by atoms with Gasteiger partial charge in [0, 0.05) is 12.1 Å². The molecule has 1 aromatic heterocycles. The maximum atomic E-state index is 10.7. The average Bonchev–Trinajstić information content (AvgIpc) is 2.39. The topological polar surface area (TPSA) is 80.1 Å². The monoisotopic (exact) mass is 264 g/mol.